The lowest BCUT2D eigenvalue weighted by molar-refractivity contribution is -0.104. The van der Waals surface area contributed by atoms with Crippen LogP contribution < -0.4 is 5.32 Å². The number of Topliss-reactive ketones (excluding diaryl/α,β-unsaturated/α-hetero) is 1. The quantitative estimate of drug-likeness (QED) is 0.361. The molecule has 0 aromatic carbocycles. The summed E-state index contributed by atoms with van der Waals surface area (Å²) < 4.78 is 5.58. The number of rotatable bonds is 6. The van der Waals surface area contributed by atoms with E-state index in [2.05, 4.69) is 17.2 Å². The van der Waals surface area contributed by atoms with Crippen molar-refractivity contribution >= 4 is 23.5 Å². The molecule has 0 saturated carbocycles. The molecule has 7 nitrogen and oxygen atoms in total. The number of anilines is 1. The number of hydrogen-bond donors (Lipinski definition) is 1. The lowest BCUT2D eigenvalue weighted by Gasteiger charge is -2.40. The highest BCUT2D eigenvalue weighted by molar-refractivity contribution is 5.97. The van der Waals surface area contributed by atoms with Gasteiger partial charge in [-0.15, -0.1) is 0 Å². The van der Waals surface area contributed by atoms with Gasteiger partial charge in [-0.2, -0.15) is 5.26 Å². The topological polar surface area (TPSA) is 95.3 Å². The van der Waals surface area contributed by atoms with Crippen molar-refractivity contribution in [2.45, 2.75) is 32.3 Å². The van der Waals surface area contributed by atoms with Crippen molar-refractivity contribution in [2.75, 3.05) is 32.6 Å². The number of piperidine rings is 1. The Morgan fingerprint density at radius 1 is 1.46 bits per heavy atom. The Morgan fingerprint density at radius 3 is 2.58 bits per heavy atom. The van der Waals surface area contributed by atoms with E-state index in [0.717, 1.165) is 12.8 Å². The van der Waals surface area contributed by atoms with Gasteiger partial charge in [0.25, 0.3) is 0 Å². The maximum absolute atomic E-state index is 11.8. The predicted octanol–water partition coefficient (Wildman–Crippen LogP) is 2.26. The van der Waals surface area contributed by atoms with E-state index in [9.17, 15) is 14.9 Å². The molecule has 0 atom stereocenters. The van der Waals surface area contributed by atoms with Crippen LogP contribution in [0.5, 0.6) is 0 Å². The number of nitrogens with one attached hydrogen (secondary N) is 1. The molecule has 138 valence electrons. The number of carbonyl (C=O) groups is 2. The highest BCUT2D eigenvalue weighted by atomic mass is 16.5. The zero-order valence-corrected chi connectivity index (χ0v) is 15.6. The SMILES string of the molecule is CNc1cnc(C(C)=O)cc1/C(=C(/C#N)C=O)N1CCC(C)(OC)CC1. The van der Waals surface area contributed by atoms with Crippen molar-refractivity contribution < 1.29 is 14.3 Å². The lowest BCUT2D eigenvalue weighted by Crippen LogP contribution is -2.43. The summed E-state index contributed by atoms with van der Waals surface area (Å²) in [5.41, 5.74) is 1.90. The third-order valence-corrected chi connectivity index (χ3v) is 4.91. The summed E-state index contributed by atoms with van der Waals surface area (Å²) in [6.45, 7) is 4.77. The van der Waals surface area contributed by atoms with Crippen LogP contribution in [0.3, 0.4) is 0 Å². The maximum Gasteiger partial charge on any atom is 0.178 e. The second-order valence-corrected chi connectivity index (χ2v) is 6.55. The number of ketones is 1. The first-order chi connectivity index (χ1) is 12.4. The van der Waals surface area contributed by atoms with E-state index in [0.29, 0.717) is 42.0 Å². The number of hydrogen-bond acceptors (Lipinski definition) is 7. The minimum absolute atomic E-state index is 0.0308. The first kappa shape index (κ1) is 19.6. The number of carbonyl (C=O) groups excluding carboxylic acids is 2. The molecule has 1 saturated heterocycles. The fraction of sp³-hybridized carbons (Fsp3) is 0.474. The maximum atomic E-state index is 11.8. The zero-order valence-electron chi connectivity index (χ0n) is 15.6. The van der Waals surface area contributed by atoms with Gasteiger partial charge in [0, 0.05) is 39.7 Å². The summed E-state index contributed by atoms with van der Waals surface area (Å²) >= 11 is 0. The second-order valence-electron chi connectivity index (χ2n) is 6.55. The second kappa shape index (κ2) is 8.11. The van der Waals surface area contributed by atoms with Gasteiger partial charge in [0.15, 0.2) is 12.1 Å². The third kappa shape index (κ3) is 3.92. The van der Waals surface area contributed by atoms with Gasteiger partial charge in [0.1, 0.15) is 17.3 Å². The van der Waals surface area contributed by atoms with Crippen molar-refractivity contribution in [3.8, 4) is 6.07 Å². The summed E-state index contributed by atoms with van der Waals surface area (Å²) in [4.78, 5) is 29.5. The molecule has 0 radical (unpaired) electrons. The number of nitriles is 1. The van der Waals surface area contributed by atoms with Crippen LogP contribution in [0.1, 0.15) is 42.7 Å². The molecule has 1 fully saturated rings. The first-order valence-electron chi connectivity index (χ1n) is 8.48. The Bertz CT molecular complexity index is 771. The molecule has 0 bridgehead atoms. The average Bonchev–Trinajstić information content (AvgIpc) is 2.66. The van der Waals surface area contributed by atoms with E-state index in [-0.39, 0.29) is 17.0 Å². The van der Waals surface area contributed by atoms with Crippen LogP contribution in [-0.4, -0.2) is 54.8 Å². The monoisotopic (exact) mass is 356 g/mol. The summed E-state index contributed by atoms with van der Waals surface area (Å²) in [5, 5.41) is 12.5. The predicted molar refractivity (Wildman–Crippen MR) is 98.6 cm³/mol. The van der Waals surface area contributed by atoms with Gasteiger partial charge in [-0.3, -0.25) is 14.6 Å². The molecule has 26 heavy (non-hydrogen) atoms. The van der Waals surface area contributed by atoms with Gasteiger partial charge in [-0.1, -0.05) is 0 Å². The van der Waals surface area contributed by atoms with Crippen LogP contribution in [-0.2, 0) is 9.53 Å². The van der Waals surface area contributed by atoms with E-state index in [1.165, 1.54) is 6.92 Å². The molecular formula is C19H24N4O3. The fourth-order valence-corrected chi connectivity index (χ4v) is 3.07. The molecule has 1 aliphatic rings. The highest BCUT2D eigenvalue weighted by Gasteiger charge is 2.32. The molecule has 2 rings (SSSR count). The smallest absolute Gasteiger partial charge is 0.178 e. The van der Waals surface area contributed by atoms with Crippen LogP contribution in [0, 0.1) is 11.3 Å². The number of nitrogens with zero attached hydrogens (tertiary/aromatic N) is 3. The van der Waals surface area contributed by atoms with E-state index in [4.69, 9.17) is 4.74 Å². The zero-order chi connectivity index (χ0) is 19.3. The largest absolute Gasteiger partial charge is 0.386 e. The number of pyridine rings is 1. The minimum Gasteiger partial charge on any atom is -0.386 e. The van der Waals surface area contributed by atoms with Crippen molar-refractivity contribution in [2.24, 2.45) is 0 Å². The summed E-state index contributed by atoms with van der Waals surface area (Å²) in [7, 11) is 3.43. The van der Waals surface area contributed by atoms with Gasteiger partial charge >= 0.3 is 0 Å². The van der Waals surface area contributed by atoms with Gasteiger partial charge in [0.2, 0.25) is 0 Å². The van der Waals surface area contributed by atoms with Crippen molar-refractivity contribution in [1.29, 1.82) is 5.26 Å². The molecular weight excluding hydrogens is 332 g/mol. The minimum atomic E-state index is -0.218. The Morgan fingerprint density at radius 2 is 2.12 bits per heavy atom. The fourth-order valence-electron chi connectivity index (χ4n) is 3.07. The standard InChI is InChI=1S/C19H24N4O3/c1-13(25)16-9-15(17(21-3)11-22-16)18(14(10-20)12-24)23-7-5-19(2,26-4)6-8-23/h9,11-12,21H,5-8H2,1-4H3/b18-14+. The normalized spacial score (nSPS) is 17.1. The van der Waals surface area contributed by atoms with Gasteiger partial charge in [-0.25, -0.2) is 0 Å². The van der Waals surface area contributed by atoms with E-state index in [1.54, 1.807) is 26.4 Å². The Hall–Kier alpha value is -2.72. The van der Waals surface area contributed by atoms with Crippen LogP contribution in [0.2, 0.25) is 0 Å². The van der Waals surface area contributed by atoms with Gasteiger partial charge in [-0.05, 0) is 25.8 Å². The van der Waals surface area contributed by atoms with Gasteiger partial charge in [0.05, 0.1) is 23.2 Å². The van der Waals surface area contributed by atoms with Gasteiger partial charge < -0.3 is 15.0 Å². The van der Waals surface area contributed by atoms with Crippen LogP contribution in [0.25, 0.3) is 5.70 Å². The number of likely N-dealkylation sites (tertiary alicyclic amines) is 1. The number of ether oxygens (including phenoxy) is 1. The highest BCUT2D eigenvalue weighted by Crippen LogP contribution is 2.34. The Kier molecular flexibility index (Phi) is 6.11. The molecule has 0 amide bonds. The third-order valence-electron chi connectivity index (χ3n) is 4.91. The number of methoxy groups -OCH3 is 1. The molecule has 0 spiro atoms. The molecule has 1 aliphatic heterocycles. The van der Waals surface area contributed by atoms with Crippen molar-refractivity contribution in [1.82, 2.24) is 9.88 Å². The molecule has 7 heteroatoms. The first-order valence-corrected chi connectivity index (χ1v) is 8.48. The van der Waals surface area contributed by atoms with E-state index < -0.39 is 0 Å². The average molecular weight is 356 g/mol. The molecule has 2 heterocycles. The summed E-state index contributed by atoms with van der Waals surface area (Å²) in [6, 6.07) is 3.62. The molecule has 1 aromatic heterocycles. The number of allylic oxidation sites excluding steroid dienone is 1. The van der Waals surface area contributed by atoms with Crippen molar-refractivity contribution in [3.63, 3.8) is 0 Å². The van der Waals surface area contributed by atoms with E-state index >= 15 is 0 Å². The summed E-state index contributed by atoms with van der Waals surface area (Å²) in [6.07, 6.45) is 3.65. The van der Waals surface area contributed by atoms with Crippen LogP contribution in [0.15, 0.2) is 17.8 Å². The van der Waals surface area contributed by atoms with Crippen molar-refractivity contribution in [3.05, 3.63) is 29.1 Å². The van der Waals surface area contributed by atoms with Crippen LogP contribution in [0.4, 0.5) is 5.69 Å². The molecule has 1 N–H and O–H groups in total. The summed E-state index contributed by atoms with van der Waals surface area (Å²) in [5.74, 6) is -0.177. The lowest BCUT2D eigenvalue weighted by atomic mass is 9.91. The van der Waals surface area contributed by atoms with E-state index in [1.807, 2.05) is 11.0 Å². The number of aromatic nitrogens is 1. The Labute approximate surface area is 153 Å². The Balaban J connectivity index is 2.57. The molecule has 1 aromatic rings. The molecule has 0 unspecified atom stereocenters. The molecule has 0 aliphatic carbocycles. The van der Waals surface area contributed by atoms with Crippen LogP contribution >= 0.6 is 0 Å². The number of aldehydes is 1.